The van der Waals surface area contributed by atoms with Crippen LogP contribution in [0.1, 0.15) is 54.0 Å². The molecule has 31 heavy (non-hydrogen) atoms. The minimum absolute atomic E-state index is 0.110. The number of hydrogen-bond donors (Lipinski definition) is 2. The Labute approximate surface area is 186 Å². The van der Waals surface area contributed by atoms with Gasteiger partial charge in [-0.05, 0) is 53.8 Å². The first-order chi connectivity index (χ1) is 14.8. The van der Waals surface area contributed by atoms with Crippen molar-refractivity contribution in [3.05, 3.63) is 83.1 Å². The summed E-state index contributed by atoms with van der Waals surface area (Å²) in [4.78, 5) is 21.4. The van der Waals surface area contributed by atoms with Crippen LogP contribution in [-0.4, -0.2) is 15.9 Å². The number of nitrogens with zero attached hydrogens (tertiary/aromatic N) is 1. The number of para-hydroxylation sites is 2. The van der Waals surface area contributed by atoms with E-state index in [4.69, 9.17) is 4.42 Å². The fourth-order valence-electron chi connectivity index (χ4n) is 3.29. The molecular formula is C25H27N3O2S. The molecule has 1 amide bonds. The van der Waals surface area contributed by atoms with Crippen LogP contribution in [0.4, 0.5) is 0 Å². The number of benzene rings is 2. The molecular weight excluding hydrogens is 406 g/mol. The monoisotopic (exact) mass is 433 g/mol. The van der Waals surface area contributed by atoms with Crippen molar-refractivity contribution in [2.75, 3.05) is 0 Å². The van der Waals surface area contributed by atoms with Crippen LogP contribution in [-0.2, 0) is 17.7 Å². The van der Waals surface area contributed by atoms with Crippen LogP contribution in [0.2, 0.25) is 0 Å². The molecule has 4 rings (SSSR count). The molecule has 0 aliphatic rings. The van der Waals surface area contributed by atoms with Gasteiger partial charge in [0.1, 0.15) is 11.6 Å². The number of H-pyrrole nitrogens is 1. The Bertz CT molecular complexity index is 1180. The zero-order chi connectivity index (χ0) is 22.0. The third-order valence-electron chi connectivity index (χ3n) is 5.16. The third kappa shape index (κ3) is 5.02. The van der Waals surface area contributed by atoms with E-state index in [0.717, 1.165) is 16.8 Å². The Kier molecular flexibility index (Phi) is 5.92. The van der Waals surface area contributed by atoms with Gasteiger partial charge in [-0.25, -0.2) is 4.98 Å². The molecule has 0 unspecified atom stereocenters. The van der Waals surface area contributed by atoms with Crippen molar-refractivity contribution >= 4 is 28.7 Å². The SMILES string of the molecule is Cc1ccc(C(C)(C)C)cc1SCc1ccc(C(=O)NCc2nc3ccccc3[nH]2)o1. The molecule has 2 N–H and O–H groups in total. The second kappa shape index (κ2) is 8.63. The molecule has 0 spiro atoms. The van der Waals surface area contributed by atoms with Gasteiger partial charge in [0.25, 0.3) is 5.91 Å². The molecule has 0 atom stereocenters. The number of thioether (sulfide) groups is 1. The molecule has 2 aromatic carbocycles. The van der Waals surface area contributed by atoms with E-state index in [1.165, 1.54) is 16.0 Å². The second-order valence-electron chi connectivity index (χ2n) is 8.67. The van der Waals surface area contributed by atoms with Crippen molar-refractivity contribution < 1.29 is 9.21 Å². The van der Waals surface area contributed by atoms with E-state index in [2.05, 4.69) is 61.2 Å². The number of amides is 1. The summed E-state index contributed by atoms with van der Waals surface area (Å²) in [7, 11) is 0. The zero-order valence-electron chi connectivity index (χ0n) is 18.3. The number of furan rings is 1. The van der Waals surface area contributed by atoms with Crippen LogP contribution in [0.5, 0.6) is 0 Å². The summed E-state index contributed by atoms with van der Waals surface area (Å²) < 4.78 is 5.79. The zero-order valence-corrected chi connectivity index (χ0v) is 19.1. The first-order valence-corrected chi connectivity index (χ1v) is 11.3. The molecule has 4 aromatic rings. The van der Waals surface area contributed by atoms with Crippen LogP contribution in [0, 0.1) is 6.92 Å². The van der Waals surface area contributed by atoms with E-state index in [-0.39, 0.29) is 11.3 Å². The normalized spacial score (nSPS) is 11.7. The van der Waals surface area contributed by atoms with Gasteiger partial charge in [-0.1, -0.05) is 45.0 Å². The highest BCUT2D eigenvalue weighted by molar-refractivity contribution is 7.98. The second-order valence-corrected chi connectivity index (χ2v) is 9.69. The van der Waals surface area contributed by atoms with Gasteiger partial charge in [0, 0.05) is 4.90 Å². The van der Waals surface area contributed by atoms with E-state index < -0.39 is 0 Å². The first-order valence-electron chi connectivity index (χ1n) is 10.3. The molecule has 2 aromatic heterocycles. The molecule has 0 saturated heterocycles. The Morgan fingerprint density at radius 3 is 2.71 bits per heavy atom. The molecule has 0 aliphatic heterocycles. The number of fused-ring (bicyclic) bond motifs is 1. The van der Waals surface area contributed by atoms with Crippen molar-refractivity contribution in [1.29, 1.82) is 0 Å². The Morgan fingerprint density at radius 2 is 1.94 bits per heavy atom. The molecule has 0 saturated carbocycles. The van der Waals surface area contributed by atoms with Gasteiger partial charge < -0.3 is 14.7 Å². The van der Waals surface area contributed by atoms with E-state index >= 15 is 0 Å². The van der Waals surface area contributed by atoms with Gasteiger partial charge in [0.2, 0.25) is 0 Å². The molecule has 0 bridgehead atoms. The molecule has 0 radical (unpaired) electrons. The highest BCUT2D eigenvalue weighted by Crippen LogP contribution is 2.31. The van der Waals surface area contributed by atoms with Gasteiger partial charge in [-0.3, -0.25) is 4.79 Å². The number of aromatic amines is 1. The lowest BCUT2D eigenvalue weighted by molar-refractivity contribution is 0.0921. The summed E-state index contributed by atoms with van der Waals surface area (Å²) in [5.74, 6) is 2.23. The molecule has 5 nitrogen and oxygen atoms in total. The van der Waals surface area contributed by atoms with Crippen LogP contribution < -0.4 is 5.32 Å². The van der Waals surface area contributed by atoms with Crippen molar-refractivity contribution in [3.63, 3.8) is 0 Å². The predicted molar refractivity (Wildman–Crippen MR) is 125 cm³/mol. The average Bonchev–Trinajstić information content (AvgIpc) is 3.37. The summed E-state index contributed by atoms with van der Waals surface area (Å²) in [6.07, 6.45) is 0. The van der Waals surface area contributed by atoms with Gasteiger partial charge in [0.05, 0.1) is 23.3 Å². The fraction of sp³-hybridized carbons (Fsp3) is 0.280. The number of nitrogens with one attached hydrogen (secondary N) is 2. The number of carbonyl (C=O) groups excluding carboxylic acids is 1. The lowest BCUT2D eigenvalue weighted by Crippen LogP contribution is -2.22. The summed E-state index contributed by atoms with van der Waals surface area (Å²) in [6, 6.07) is 18.0. The van der Waals surface area contributed by atoms with Crippen LogP contribution in [0.3, 0.4) is 0 Å². The number of hydrogen-bond acceptors (Lipinski definition) is 4. The van der Waals surface area contributed by atoms with Gasteiger partial charge in [-0.2, -0.15) is 0 Å². The van der Waals surface area contributed by atoms with Crippen LogP contribution in [0.15, 0.2) is 63.9 Å². The third-order valence-corrected chi connectivity index (χ3v) is 6.34. The highest BCUT2D eigenvalue weighted by Gasteiger charge is 2.16. The van der Waals surface area contributed by atoms with Crippen molar-refractivity contribution in [1.82, 2.24) is 15.3 Å². The highest BCUT2D eigenvalue weighted by atomic mass is 32.2. The first kappa shape index (κ1) is 21.2. The maximum atomic E-state index is 12.5. The smallest absolute Gasteiger partial charge is 0.287 e. The van der Waals surface area contributed by atoms with E-state index in [9.17, 15) is 4.79 Å². The predicted octanol–water partition coefficient (Wildman–Crippen LogP) is 5.98. The van der Waals surface area contributed by atoms with E-state index in [1.807, 2.05) is 30.3 Å². The van der Waals surface area contributed by atoms with Crippen molar-refractivity contribution in [3.8, 4) is 0 Å². The number of imidazole rings is 1. The van der Waals surface area contributed by atoms with E-state index in [1.54, 1.807) is 17.8 Å². The summed E-state index contributed by atoms with van der Waals surface area (Å²) in [6.45, 7) is 9.09. The molecule has 0 aliphatic carbocycles. The Hall–Kier alpha value is -2.99. The Morgan fingerprint density at radius 1 is 1.13 bits per heavy atom. The Balaban J connectivity index is 1.36. The quantitative estimate of drug-likeness (QED) is 0.367. The number of aromatic nitrogens is 2. The van der Waals surface area contributed by atoms with Crippen LogP contribution in [0.25, 0.3) is 11.0 Å². The summed E-state index contributed by atoms with van der Waals surface area (Å²) >= 11 is 1.73. The molecule has 160 valence electrons. The van der Waals surface area contributed by atoms with Crippen LogP contribution >= 0.6 is 11.8 Å². The van der Waals surface area contributed by atoms with Crippen molar-refractivity contribution in [2.45, 2.75) is 50.3 Å². The summed E-state index contributed by atoms with van der Waals surface area (Å²) in [5.41, 5.74) is 4.50. The maximum Gasteiger partial charge on any atom is 0.287 e. The number of rotatable bonds is 6. The standard InChI is InChI=1S/C25H27N3O2S/c1-16-9-10-17(25(2,3)4)13-22(16)31-15-18-11-12-21(30-18)24(29)26-14-23-27-19-7-5-6-8-20(19)28-23/h5-13H,14-15H2,1-4H3,(H,26,29)(H,27,28). The molecule has 6 heteroatoms. The minimum Gasteiger partial charge on any atom is -0.455 e. The average molecular weight is 434 g/mol. The lowest BCUT2D eigenvalue weighted by atomic mass is 9.87. The van der Waals surface area contributed by atoms with E-state index in [0.29, 0.717) is 23.9 Å². The van der Waals surface area contributed by atoms with Gasteiger partial charge in [0.15, 0.2) is 5.76 Å². The fourth-order valence-corrected chi connectivity index (χ4v) is 4.25. The van der Waals surface area contributed by atoms with Gasteiger partial charge >= 0.3 is 0 Å². The van der Waals surface area contributed by atoms with Crippen molar-refractivity contribution in [2.24, 2.45) is 0 Å². The number of carbonyl (C=O) groups is 1. The lowest BCUT2D eigenvalue weighted by Gasteiger charge is -2.20. The molecule has 2 heterocycles. The number of aryl methyl sites for hydroxylation is 1. The largest absolute Gasteiger partial charge is 0.455 e. The van der Waals surface area contributed by atoms with Gasteiger partial charge in [-0.15, -0.1) is 11.8 Å². The maximum absolute atomic E-state index is 12.5. The molecule has 0 fully saturated rings. The summed E-state index contributed by atoms with van der Waals surface area (Å²) in [5, 5.41) is 2.86. The topological polar surface area (TPSA) is 70.9 Å². The minimum atomic E-state index is -0.248.